The van der Waals surface area contributed by atoms with Gasteiger partial charge in [-0.1, -0.05) is 19.1 Å². The molecule has 2 aliphatic heterocycles. The minimum absolute atomic E-state index is 0.00923. The van der Waals surface area contributed by atoms with Crippen LogP contribution in [0.3, 0.4) is 0 Å². The number of hydrogen-bond donors (Lipinski definition) is 1. The van der Waals surface area contributed by atoms with Crippen LogP contribution in [0.1, 0.15) is 39.2 Å². The van der Waals surface area contributed by atoms with E-state index >= 15 is 0 Å². The lowest BCUT2D eigenvalue weighted by molar-refractivity contribution is -0.148. The second-order valence-electron chi connectivity index (χ2n) is 7.75. The number of piperidine rings is 1. The maximum absolute atomic E-state index is 12.8. The molecule has 2 aliphatic rings. The van der Waals surface area contributed by atoms with E-state index in [0.717, 1.165) is 24.9 Å². The summed E-state index contributed by atoms with van der Waals surface area (Å²) in [6.07, 6.45) is 2.56. The molecular formula is C21H31N3O3. The molecular weight excluding hydrogens is 342 g/mol. The maximum Gasteiger partial charge on any atom is 0.321 e. The lowest BCUT2D eigenvalue weighted by atomic mass is 9.95. The van der Waals surface area contributed by atoms with Crippen molar-refractivity contribution in [3.8, 4) is 0 Å². The van der Waals surface area contributed by atoms with Gasteiger partial charge in [0.05, 0.1) is 12.2 Å². The van der Waals surface area contributed by atoms with Crippen molar-refractivity contribution in [3.63, 3.8) is 0 Å². The van der Waals surface area contributed by atoms with Gasteiger partial charge in [-0.15, -0.1) is 0 Å². The molecule has 0 aromatic heterocycles. The van der Waals surface area contributed by atoms with Crippen LogP contribution < -0.4 is 5.32 Å². The summed E-state index contributed by atoms with van der Waals surface area (Å²) in [5, 5.41) is 2.98. The standard InChI is InChI=1S/C21H31N3O3/c1-4-17-6-5-7-19(12-17)22-21(26)23-10-8-18(9-11-23)20(25)24-13-15(2)27-16(3)14-24/h5-7,12,15-16,18H,4,8-11,13-14H2,1-3H3,(H,22,26)/t15-,16+. The third-order valence-corrected chi connectivity index (χ3v) is 5.45. The molecule has 6 nitrogen and oxygen atoms in total. The number of morpholine rings is 1. The van der Waals surface area contributed by atoms with Gasteiger partial charge in [-0.3, -0.25) is 4.79 Å². The zero-order valence-electron chi connectivity index (χ0n) is 16.6. The van der Waals surface area contributed by atoms with Crippen LogP contribution in [-0.4, -0.2) is 60.1 Å². The van der Waals surface area contributed by atoms with Crippen molar-refractivity contribution in [1.82, 2.24) is 9.80 Å². The predicted octanol–water partition coefficient (Wildman–Crippen LogP) is 3.13. The average Bonchev–Trinajstić information content (AvgIpc) is 2.67. The summed E-state index contributed by atoms with van der Waals surface area (Å²) in [6, 6.07) is 7.86. The van der Waals surface area contributed by atoms with Gasteiger partial charge in [-0.05, 0) is 50.8 Å². The van der Waals surface area contributed by atoms with Crippen molar-refractivity contribution < 1.29 is 14.3 Å². The van der Waals surface area contributed by atoms with E-state index in [0.29, 0.717) is 26.2 Å². The Morgan fingerprint density at radius 1 is 1.11 bits per heavy atom. The molecule has 1 N–H and O–H groups in total. The van der Waals surface area contributed by atoms with Gasteiger partial charge < -0.3 is 19.9 Å². The number of benzene rings is 1. The van der Waals surface area contributed by atoms with Crippen LogP contribution in [0, 0.1) is 5.92 Å². The topological polar surface area (TPSA) is 61.9 Å². The first-order chi connectivity index (χ1) is 13.0. The summed E-state index contributed by atoms with van der Waals surface area (Å²) in [5.74, 6) is 0.225. The Morgan fingerprint density at radius 2 is 1.78 bits per heavy atom. The summed E-state index contributed by atoms with van der Waals surface area (Å²) in [4.78, 5) is 29.1. The molecule has 0 aliphatic carbocycles. The number of amides is 3. The summed E-state index contributed by atoms with van der Waals surface area (Å²) < 4.78 is 5.72. The molecule has 6 heteroatoms. The van der Waals surface area contributed by atoms with E-state index in [1.165, 1.54) is 5.56 Å². The summed E-state index contributed by atoms with van der Waals surface area (Å²) in [6.45, 7) is 8.68. The molecule has 0 radical (unpaired) electrons. The molecule has 0 bridgehead atoms. The molecule has 1 aromatic carbocycles. The smallest absolute Gasteiger partial charge is 0.321 e. The zero-order chi connectivity index (χ0) is 19.4. The van der Waals surface area contributed by atoms with Crippen molar-refractivity contribution in [3.05, 3.63) is 29.8 Å². The molecule has 2 atom stereocenters. The lowest BCUT2D eigenvalue weighted by Gasteiger charge is -2.39. The minimum atomic E-state index is -0.0808. The second kappa shape index (κ2) is 8.74. The number of likely N-dealkylation sites (tertiary alicyclic amines) is 1. The highest BCUT2D eigenvalue weighted by atomic mass is 16.5. The molecule has 3 rings (SSSR count). The van der Waals surface area contributed by atoms with Crippen LogP contribution in [0.4, 0.5) is 10.5 Å². The predicted molar refractivity (Wildman–Crippen MR) is 106 cm³/mol. The van der Waals surface area contributed by atoms with Crippen LogP contribution >= 0.6 is 0 Å². The van der Waals surface area contributed by atoms with E-state index in [9.17, 15) is 9.59 Å². The second-order valence-corrected chi connectivity index (χ2v) is 7.75. The van der Waals surface area contributed by atoms with Gasteiger partial charge in [0, 0.05) is 37.8 Å². The molecule has 0 unspecified atom stereocenters. The SMILES string of the molecule is CCc1cccc(NC(=O)N2CCC(C(=O)N3C[C@@H](C)O[C@@H](C)C3)CC2)c1. The van der Waals surface area contributed by atoms with Crippen LogP contribution in [0.2, 0.25) is 0 Å². The van der Waals surface area contributed by atoms with Crippen LogP contribution in [0.5, 0.6) is 0 Å². The molecule has 0 spiro atoms. The number of aryl methyl sites for hydroxylation is 1. The van der Waals surface area contributed by atoms with E-state index in [4.69, 9.17) is 4.74 Å². The Labute approximate surface area is 161 Å². The highest BCUT2D eigenvalue weighted by Gasteiger charge is 2.33. The van der Waals surface area contributed by atoms with E-state index in [1.54, 1.807) is 0 Å². The number of nitrogens with one attached hydrogen (secondary N) is 1. The number of anilines is 1. The maximum atomic E-state index is 12.8. The van der Waals surface area contributed by atoms with Crippen molar-refractivity contribution in [1.29, 1.82) is 0 Å². The summed E-state index contributed by atoms with van der Waals surface area (Å²) in [7, 11) is 0. The fourth-order valence-electron chi connectivity index (χ4n) is 4.02. The Morgan fingerprint density at radius 3 is 2.41 bits per heavy atom. The Balaban J connectivity index is 1.50. The first kappa shape index (κ1) is 19.7. The monoisotopic (exact) mass is 373 g/mol. The van der Waals surface area contributed by atoms with E-state index in [-0.39, 0.29) is 30.1 Å². The summed E-state index contributed by atoms with van der Waals surface area (Å²) in [5.41, 5.74) is 2.03. The van der Waals surface area contributed by atoms with Crippen LogP contribution in [0.25, 0.3) is 0 Å². The van der Waals surface area contributed by atoms with Gasteiger partial charge in [-0.25, -0.2) is 4.79 Å². The fraction of sp³-hybridized carbons (Fsp3) is 0.619. The number of carbonyl (C=O) groups is 2. The van der Waals surface area contributed by atoms with Crippen LogP contribution in [-0.2, 0) is 16.0 Å². The zero-order valence-corrected chi connectivity index (χ0v) is 16.6. The molecule has 27 heavy (non-hydrogen) atoms. The fourth-order valence-corrected chi connectivity index (χ4v) is 4.02. The number of ether oxygens (including phenoxy) is 1. The van der Waals surface area contributed by atoms with Gasteiger partial charge >= 0.3 is 6.03 Å². The molecule has 2 heterocycles. The van der Waals surface area contributed by atoms with Crippen molar-refractivity contribution >= 4 is 17.6 Å². The van der Waals surface area contributed by atoms with Gasteiger partial charge in [0.2, 0.25) is 5.91 Å². The van der Waals surface area contributed by atoms with E-state index in [1.807, 2.05) is 41.8 Å². The van der Waals surface area contributed by atoms with Gasteiger partial charge in [0.15, 0.2) is 0 Å². The van der Waals surface area contributed by atoms with E-state index < -0.39 is 0 Å². The largest absolute Gasteiger partial charge is 0.372 e. The van der Waals surface area contributed by atoms with Crippen LogP contribution in [0.15, 0.2) is 24.3 Å². The number of rotatable bonds is 3. The third-order valence-electron chi connectivity index (χ3n) is 5.45. The van der Waals surface area contributed by atoms with E-state index in [2.05, 4.69) is 18.3 Å². The first-order valence-electron chi connectivity index (χ1n) is 10.1. The Kier molecular flexibility index (Phi) is 6.37. The van der Waals surface area contributed by atoms with Crippen molar-refractivity contribution in [2.24, 2.45) is 5.92 Å². The third kappa shape index (κ3) is 5.01. The molecule has 148 valence electrons. The molecule has 2 fully saturated rings. The molecule has 0 saturated carbocycles. The summed E-state index contributed by atoms with van der Waals surface area (Å²) >= 11 is 0. The Bertz CT molecular complexity index is 660. The quantitative estimate of drug-likeness (QED) is 0.885. The minimum Gasteiger partial charge on any atom is -0.372 e. The first-order valence-corrected chi connectivity index (χ1v) is 10.1. The molecule has 2 saturated heterocycles. The Hall–Kier alpha value is -2.08. The number of hydrogen-bond acceptors (Lipinski definition) is 3. The van der Waals surface area contributed by atoms with Gasteiger partial charge in [0.25, 0.3) is 0 Å². The number of nitrogens with zero attached hydrogens (tertiary/aromatic N) is 2. The number of carbonyl (C=O) groups excluding carboxylic acids is 2. The molecule has 3 amide bonds. The van der Waals surface area contributed by atoms with Gasteiger partial charge in [-0.2, -0.15) is 0 Å². The molecule has 1 aromatic rings. The highest BCUT2D eigenvalue weighted by molar-refractivity contribution is 5.89. The normalized spacial score (nSPS) is 24.0. The average molecular weight is 373 g/mol. The highest BCUT2D eigenvalue weighted by Crippen LogP contribution is 2.23. The lowest BCUT2D eigenvalue weighted by Crippen LogP contribution is -2.52. The van der Waals surface area contributed by atoms with Crippen molar-refractivity contribution in [2.75, 3.05) is 31.5 Å². The number of urea groups is 1. The van der Waals surface area contributed by atoms with Crippen molar-refractivity contribution in [2.45, 2.75) is 52.2 Å². The van der Waals surface area contributed by atoms with Gasteiger partial charge in [0.1, 0.15) is 0 Å².